The summed E-state index contributed by atoms with van der Waals surface area (Å²) in [6.07, 6.45) is 0. The van der Waals surface area contributed by atoms with Gasteiger partial charge in [0.2, 0.25) is 0 Å². The van der Waals surface area contributed by atoms with E-state index in [4.69, 9.17) is 15.0 Å². The maximum absolute atomic E-state index is 5.34. The molecule has 0 atom stereocenters. The third-order valence-electron chi connectivity index (χ3n) is 11.7. The number of fused-ring (bicyclic) bond motifs is 8. The van der Waals surface area contributed by atoms with E-state index >= 15 is 0 Å². The van der Waals surface area contributed by atoms with E-state index in [-0.39, 0.29) is 0 Å². The summed E-state index contributed by atoms with van der Waals surface area (Å²) in [5.41, 5.74) is 10.6. The Morgan fingerprint density at radius 1 is 0.333 bits per heavy atom. The van der Waals surface area contributed by atoms with Crippen LogP contribution in [0.15, 0.2) is 206 Å². The molecule has 3 aromatic heterocycles. The molecule has 0 aliphatic rings. The Kier molecular flexibility index (Phi) is 8.00. The van der Waals surface area contributed by atoms with Crippen molar-refractivity contribution < 1.29 is 0 Å². The van der Waals surface area contributed by atoms with Crippen LogP contribution in [0.5, 0.6) is 0 Å². The summed E-state index contributed by atoms with van der Waals surface area (Å²) in [5, 5.41) is 7.56. The number of para-hydroxylation sites is 2. The van der Waals surface area contributed by atoms with E-state index < -0.39 is 0 Å². The lowest BCUT2D eigenvalue weighted by Crippen LogP contribution is -2.04. The van der Waals surface area contributed by atoms with Crippen molar-refractivity contribution in [1.29, 1.82) is 0 Å². The van der Waals surface area contributed by atoms with Gasteiger partial charge in [-0.15, -0.1) is 11.3 Å². The van der Waals surface area contributed by atoms with Crippen molar-refractivity contribution in [2.45, 2.75) is 0 Å². The molecule has 5 heteroatoms. The van der Waals surface area contributed by atoms with Crippen molar-refractivity contribution in [3.8, 4) is 62.1 Å². The maximum Gasteiger partial charge on any atom is 0.166 e. The molecule has 0 aliphatic carbocycles. The Balaban J connectivity index is 1.05. The highest BCUT2D eigenvalue weighted by atomic mass is 32.1. The third-order valence-corrected chi connectivity index (χ3v) is 12.9. The smallest absolute Gasteiger partial charge is 0.166 e. The van der Waals surface area contributed by atoms with E-state index in [2.05, 4.69) is 193 Å². The molecular formula is C55H34N4S. The average molecular weight is 783 g/mol. The standard InChI is InChI=1S/C55H34N4S/c1-3-14-35(15-4-1)39-28-31-47(50(33-39)59-48-24-11-9-22-43(48)44-23-10-12-25-49(44)59)55-57-53(37-17-5-2-6-18-37)56-54(58-55)41-20-13-19-38(32-41)40-27-29-45-46-30-26-36-16-7-8-21-42(36)52(46)60-51(45)34-40/h1-34H. The number of thiophene rings is 1. The predicted octanol–water partition coefficient (Wildman–Crippen LogP) is 14.8. The van der Waals surface area contributed by atoms with E-state index in [0.29, 0.717) is 17.5 Å². The molecule has 0 spiro atoms. The zero-order valence-corrected chi connectivity index (χ0v) is 33.1. The lowest BCUT2D eigenvalue weighted by molar-refractivity contribution is 1.06. The SMILES string of the molecule is c1ccc(-c2ccc(-c3nc(-c4ccccc4)nc(-c4cccc(-c5ccc6c(c5)sc5c7ccccc7ccc65)c4)n3)c(-n3c4ccccc4c4ccccc43)c2)cc1. The van der Waals surface area contributed by atoms with Crippen LogP contribution in [0.2, 0.25) is 0 Å². The van der Waals surface area contributed by atoms with Crippen LogP contribution < -0.4 is 0 Å². The summed E-state index contributed by atoms with van der Waals surface area (Å²) in [6.45, 7) is 0. The van der Waals surface area contributed by atoms with Gasteiger partial charge >= 0.3 is 0 Å². The molecule has 0 unspecified atom stereocenters. The van der Waals surface area contributed by atoms with Gasteiger partial charge in [0, 0.05) is 47.6 Å². The Hall–Kier alpha value is -7.73. The molecular weight excluding hydrogens is 749 g/mol. The van der Waals surface area contributed by atoms with E-state index in [1.165, 1.54) is 41.7 Å². The Labute approximate surface area is 350 Å². The fourth-order valence-corrected chi connectivity index (χ4v) is 10.0. The maximum atomic E-state index is 5.34. The van der Waals surface area contributed by atoms with Crippen LogP contribution in [-0.4, -0.2) is 19.5 Å². The largest absolute Gasteiger partial charge is 0.308 e. The van der Waals surface area contributed by atoms with Gasteiger partial charge in [-0.2, -0.15) is 0 Å². The van der Waals surface area contributed by atoms with Gasteiger partial charge in [-0.05, 0) is 69.4 Å². The van der Waals surface area contributed by atoms with Crippen molar-refractivity contribution >= 4 is 64.1 Å². The molecule has 9 aromatic carbocycles. The molecule has 0 N–H and O–H groups in total. The van der Waals surface area contributed by atoms with Gasteiger partial charge in [0.1, 0.15) is 0 Å². The summed E-state index contributed by atoms with van der Waals surface area (Å²) in [5.74, 6) is 1.86. The number of aromatic nitrogens is 4. The number of nitrogens with zero attached hydrogens (tertiary/aromatic N) is 4. The number of rotatable bonds is 6. The molecule has 0 aliphatic heterocycles. The summed E-state index contributed by atoms with van der Waals surface area (Å²) in [6, 6.07) is 73.3. The second-order valence-corrected chi connectivity index (χ2v) is 16.2. The van der Waals surface area contributed by atoms with Gasteiger partial charge in [0.15, 0.2) is 17.5 Å². The molecule has 4 nitrogen and oxygen atoms in total. The summed E-state index contributed by atoms with van der Waals surface area (Å²) in [4.78, 5) is 15.8. The third kappa shape index (κ3) is 5.70. The number of benzene rings is 9. The van der Waals surface area contributed by atoms with Crippen LogP contribution in [0.1, 0.15) is 0 Å². The van der Waals surface area contributed by atoms with Crippen LogP contribution in [0, 0.1) is 0 Å². The Morgan fingerprint density at radius 2 is 0.883 bits per heavy atom. The van der Waals surface area contributed by atoms with Gasteiger partial charge < -0.3 is 4.57 Å². The minimum absolute atomic E-state index is 0.611. The molecule has 3 heterocycles. The minimum Gasteiger partial charge on any atom is -0.308 e. The fraction of sp³-hybridized carbons (Fsp3) is 0. The highest BCUT2D eigenvalue weighted by Crippen LogP contribution is 2.41. The summed E-state index contributed by atoms with van der Waals surface area (Å²) in [7, 11) is 0. The van der Waals surface area contributed by atoms with Crippen molar-refractivity contribution in [3.05, 3.63) is 206 Å². The first-order valence-corrected chi connectivity index (χ1v) is 21.0. The van der Waals surface area contributed by atoms with Crippen LogP contribution in [0.4, 0.5) is 0 Å². The van der Waals surface area contributed by atoms with Gasteiger partial charge in [-0.25, -0.2) is 15.0 Å². The number of hydrogen-bond donors (Lipinski definition) is 0. The second kappa shape index (κ2) is 14.0. The number of hydrogen-bond acceptors (Lipinski definition) is 4. The molecule has 0 saturated heterocycles. The molecule has 60 heavy (non-hydrogen) atoms. The van der Waals surface area contributed by atoms with Gasteiger partial charge in [-0.3, -0.25) is 0 Å². The van der Waals surface area contributed by atoms with Crippen molar-refractivity contribution in [3.63, 3.8) is 0 Å². The fourth-order valence-electron chi connectivity index (χ4n) is 8.76. The Bertz CT molecular complexity index is 3550. The quantitative estimate of drug-likeness (QED) is 0.169. The van der Waals surface area contributed by atoms with Crippen molar-refractivity contribution in [2.75, 3.05) is 0 Å². The predicted molar refractivity (Wildman–Crippen MR) is 252 cm³/mol. The summed E-state index contributed by atoms with van der Waals surface area (Å²) >= 11 is 1.87. The molecule has 12 rings (SSSR count). The van der Waals surface area contributed by atoms with Gasteiger partial charge in [0.25, 0.3) is 0 Å². The first-order valence-electron chi connectivity index (χ1n) is 20.2. The molecule has 0 amide bonds. The first kappa shape index (κ1) is 34.3. The van der Waals surface area contributed by atoms with Crippen LogP contribution in [-0.2, 0) is 0 Å². The van der Waals surface area contributed by atoms with Gasteiger partial charge in [-0.1, -0.05) is 170 Å². The minimum atomic E-state index is 0.611. The first-order chi connectivity index (χ1) is 29.7. The zero-order chi connectivity index (χ0) is 39.6. The molecule has 0 bridgehead atoms. The van der Waals surface area contributed by atoms with E-state index in [0.717, 1.165) is 55.7 Å². The molecule has 0 radical (unpaired) electrons. The molecule has 280 valence electrons. The van der Waals surface area contributed by atoms with Crippen molar-refractivity contribution in [1.82, 2.24) is 19.5 Å². The molecule has 0 saturated carbocycles. The lowest BCUT2D eigenvalue weighted by atomic mass is 10.0. The second-order valence-electron chi connectivity index (χ2n) is 15.2. The zero-order valence-electron chi connectivity index (χ0n) is 32.3. The topological polar surface area (TPSA) is 43.6 Å². The highest BCUT2D eigenvalue weighted by Gasteiger charge is 2.21. The van der Waals surface area contributed by atoms with Gasteiger partial charge in [0.05, 0.1) is 16.7 Å². The van der Waals surface area contributed by atoms with Crippen LogP contribution in [0.25, 0.3) is 115 Å². The Morgan fingerprint density at radius 3 is 1.65 bits per heavy atom. The highest BCUT2D eigenvalue weighted by molar-refractivity contribution is 7.26. The van der Waals surface area contributed by atoms with Crippen molar-refractivity contribution in [2.24, 2.45) is 0 Å². The molecule has 0 fully saturated rings. The van der Waals surface area contributed by atoms with E-state index in [9.17, 15) is 0 Å². The monoisotopic (exact) mass is 782 g/mol. The van der Waals surface area contributed by atoms with E-state index in [1.807, 2.05) is 29.5 Å². The normalized spacial score (nSPS) is 11.7. The van der Waals surface area contributed by atoms with Crippen LogP contribution in [0.3, 0.4) is 0 Å². The van der Waals surface area contributed by atoms with Crippen LogP contribution >= 0.6 is 11.3 Å². The molecule has 12 aromatic rings. The van der Waals surface area contributed by atoms with E-state index in [1.54, 1.807) is 0 Å². The average Bonchev–Trinajstić information content (AvgIpc) is 3.88. The lowest BCUT2D eigenvalue weighted by Gasteiger charge is -2.16. The summed E-state index contributed by atoms with van der Waals surface area (Å²) < 4.78 is 4.97.